The number of fused-ring (bicyclic) bond motifs is 1. The predicted octanol–water partition coefficient (Wildman–Crippen LogP) is 3.26. The van der Waals surface area contributed by atoms with E-state index in [9.17, 15) is 9.59 Å². The summed E-state index contributed by atoms with van der Waals surface area (Å²) in [7, 11) is 0. The van der Waals surface area contributed by atoms with Crippen molar-refractivity contribution in [3.63, 3.8) is 0 Å². The third kappa shape index (κ3) is 3.26. The second-order valence-electron chi connectivity index (χ2n) is 8.02. The highest BCUT2D eigenvalue weighted by Crippen LogP contribution is 2.36. The first kappa shape index (κ1) is 18.5. The van der Waals surface area contributed by atoms with Gasteiger partial charge in [-0.2, -0.15) is 0 Å². The van der Waals surface area contributed by atoms with Gasteiger partial charge in [-0.3, -0.25) is 19.5 Å². The molecule has 1 atom stereocenters. The van der Waals surface area contributed by atoms with E-state index in [1.807, 2.05) is 23.2 Å². The molecule has 0 radical (unpaired) electrons. The van der Waals surface area contributed by atoms with Gasteiger partial charge in [0.15, 0.2) is 0 Å². The van der Waals surface area contributed by atoms with Crippen LogP contribution in [-0.4, -0.2) is 51.3 Å². The van der Waals surface area contributed by atoms with Gasteiger partial charge in [0.25, 0.3) is 5.91 Å². The lowest BCUT2D eigenvalue weighted by atomic mass is 9.89. The Balaban J connectivity index is 1.49. The highest BCUT2D eigenvalue weighted by atomic mass is 16.2. The minimum absolute atomic E-state index is 0.0163. The zero-order valence-corrected chi connectivity index (χ0v) is 16.8. The van der Waals surface area contributed by atoms with Crippen LogP contribution >= 0.6 is 0 Å². The van der Waals surface area contributed by atoms with E-state index in [4.69, 9.17) is 0 Å². The standard InChI is InChI=1S/C23H23N5O2/c1-15-13-27(23(30)16-4-8-24-9-5-16)11-7-18(15)20-12-21(28(14-29)17-2-3-17)26-22-19(20)6-10-25-22/h4-10,12,14-15,17H,2-3,11,13H2,1H3,(H,25,26). The average molecular weight is 401 g/mol. The van der Waals surface area contributed by atoms with Crippen molar-refractivity contribution in [3.05, 3.63) is 60.1 Å². The summed E-state index contributed by atoms with van der Waals surface area (Å²) in [5.41, 5.74) is 3.69. The van der Waals surface area contributed by atoms with Crippen LogP contribution in [-0.2, 0) is 4.79 Å². The third-order valence-corrected chi connectivity index (χ3v) is 5.92. The quantitative estimate of drug-likeness (QED) is 0.666. The van der Waals surface area contributed by atoms with Crippen molar-refractivity contribution >= 4 is 34.7 Å². The van der Waals surface area contributed by atoms with E-state index >= 15 is 0 Å². The summed E-state index contributed by atoms with van der Waals surface area (Å²) in [6, 6.07) is 7.78. The van der Waals surface area contributed by atoms with Crippen molar-refractivity contribution in [3.8, 4) is 0 Å². The molecule has 152 valence electrons. The molecule has 1 aliphatic heterocycles. The molecule has 2 aliphatic rings. The number of aromatic amines is 1. The number of aromatic nitrogens is 3. The van der Waals surface area contributed by atoms with E-state index in [-0.39, 0.29) is 17.9 Å². The van der Waals surface area contributed by atoms with Gasteiger partial charge in [-0.15, -0.1) is 0 Å². The van der Waals surface area contributed by atoms with Gasteiger partial charge < -0.3 is 9.88 Å². The van der Waals surface area contributed by atoms with Gasteiger partial charge in [0.05, 0.1) is 0 Å². The fraction of sp³-hybridized carbons (Fsp3) is 0.304. The Labute approximate surface area is 174 Å². The molecule has 0 bridgehead atoms. The summed E-state index contributed by atoms with van der Waals surface area (Å²) in [4.78, 5) is 40.0. The largest absolute Gasteiger partial charge is 0.346 e. The topological polar surface area (TPSA) is 82.2 Å². The Morgan fingerprint density at radius 1 is 1.27 bits per heavy atom. The summed E-state index contributed by atoms with van der Waals surface area (Å²) in [6.07, 6.45) is 10.2. The highest BCUT2D eigenvalue weighted by molar-refractivity contribution is 5.96. The van der Waals surface area contributed by atoms with E-state index in [0.29, 0.717) is 24.5 Å². The molecule has 3 aromatic rings. The zero-order valence-electron chi connectivity index (χ0n) is 16.8. The van der Waals surface area contributed by atoms with Crippen LogP contribution in [0.15, 0.2) is 48.9 Å². The first-order valence-corrected chi connectivity index (χ1v) is 10.3. The number of hydrogen-bond donors (Lipinski definition) is 1. The fourth-order valence-corrected chi connectivity index (χ4v) is 4.21. The molecule has 1 saturated carbocycles. The summed E-state index contributed by atoms with van der Waals surface area (Å²) in [5.74, 6) is 0.854. The van der Waals surface area contributed by atoms with Gasteiger partial charge in [0, 0.05) is 48.7 Å². The number of amides is 2. The van der Waals surface area contributed by atoms with E-state index in [1.54, 1.807) is 29.4 Å². The lowest BCUT2D eigenvalue weighted by Gasteiger charge is -2.32. The van der Waals surface area contributed by atoms with Crippen molar-refractivity contribution in [2.24, 2.45) is 5.92 Å². The molecular formula is C23H23N5O2. The maximum absolute atomic E-state index is 12.8. The Bertz CT molecular complexity index is 1130. The van der Waals surface area contributed by atoms with Gasteiger partial charge >= 0.3 is 0 Å². The molecule has 1 unspecified atom stereocenters. The van der Waals surface area contributed by atoms with Crippen LogP contribution in [0.5, 0.6) is 0 Å². The smallest absolute Gasteiger partial charge is 0.254 e. The van der Waals surface area contributed by atoms with Crippen LogP contribution in [0.2, 0.25) is 0 Å². The molecule has 7 nitrogen and oxygen atoms in total. The Hall–Kier alpha value is -3.48. The zero-order chi connectivity index (χ0) is 20.7. The molecule has 1 N–H and O–H groups in total. The van der Waals surface area contributed by atoms with E-state index in [0.717, 1.165) is 35.8 Å². The molecule has 0 aromatic carbocycles. The van der Waals surface area contributed by atoms with Gasteiger partial charge in [0.2, 0.25) is 6.41 Å². The number of rotatable bonds is 5. The minimum atomic E-state index is 0.0163. The van der Waals surface area contributed by atoms with Gasteiger partial charge in [-0.05, 0) is 54.2 Å². The summed E-state index contributed by atoms with van der Waals surface area (Å²) >= 11 is 0. The average Bonchev–Trinajstić information content (AvgIpc) is 3.49. The molecule has 3 aromatic heterocycles. The van der Waals surface area contributed by atoms with Crippen LogP contribution < -0.4 is 4.90 Å². The molecule has 7 heteroatoms. The number of nitrogens with one attached hydrogen (secondary N) is 1. The lowest BCUT2D eigenvalue weighted by Crippen LogP contribution is -2.38. The van der Waals surface area contributed by atoms with Crippen molar-refractivity contribution in [1.82, 2.24) is 19.9 Å². The minimum Gasteiger partial charge on any atom is -0.346 e. The first-order valence-electron chi connectivity index (χ1n) is 10.3. The SMILES string of the molecule is CC1CN(C(=O)c2ccncc2)CC=C1c1cc(N(C=O)C2CC2)nc2[nH]ccc12. The number of carbonyl (C=O) groups is 2. The second-order valence-corrected chi connectivity index (χ2v) is 8.02. The van der Waals surface area contributed by atoms with Crippen LogP contribution in [0.3, 0.4) is 0 Å². The number of anilines is 1. The van der Waals surface area contributed by atoms with Crippen molar-refractivity contribution in [2.45, 2.75) is 25.8 Å². The van der Waals surface area contributed by atoms with Crippen LogP contribution in [0.4, 0.5) is 5.82 Å². The van der Waals surface area contributed by atoms with Gasteiger partial charge in [-0.1, -0.05) is 13.0 Å². The maximum Gasteiger partial charge on any atom is 0.254 e. The number of nitrogens with zero attached hydrogens (tertiary/aromatic N) is 4. The normalized spacial score (nSPS) is 18.9. The summed E-state index contributed by atoms with van der Waals surface area (Å²) in [6.45, 7) is 3.32. The molecule has 0 spiro atoms. The predicted molar refractivity (Wildman–Crippen MR) is 115 cm³/mol. The molecule has 1 fully saturated rings. The molecule has 0 saturated heterocycles. The molecule has 2 amide bonds. The number of pyridine rings is 2. The van der Waals surface area contributed by atoms with Crippen LogP contribution in [0.1, 0.15) is 35.7 Å². The van der Waals surface area contributed by atoms with Crippen LogP contribution in [0.25, 0.3) is 16.6 Å². The van der Waals surface area contributed by atoms with Crippen molar-refractivity contribution in [1.29, 1.82) is 0 Å². The van der Waals surface area contributed by atoms with Gasteiger partial charge in [-0.25, -0.2) is 4.98 Å². The highest BCUT2D eigenvalue weighted by Gasteiger charge is 2.31. The molecule has 5 rings (SSSR count). The number of hydrogen-bond acceptors (Lipinski definition) is 4. The Kier molecular flexibility index (Phi) is 4.58. The van der Waals surface area contributed by atoms with Crippen molar-refractivity contribution in [2.75, 3.05) is 18.0 Å². The Morgan fingerprint density at radius 3 is 2.77 bits per heavy atom. The second kappa shape index (κ2) is 7.40. The third-order valence-electron chi connectivity index (χ3n) is 5.92. The number of carbonyl (C=O) groups excluding carboxylic acids is 2. The Morgan fingerprint density at radius 2 is 2.07 bits per heavy atom. The molecule has 30 heavy (non-hydrogen) atoms. The molecule has 1 aliphatic carbocycles. The van der Waals surface area contributed by atoms with Gasteiger partial charge in [0.1, 0.15) is 11.5 Å². The molecule has 4 heterocycles. The summed E-state index contributed by atoms with van der Waals surface area (Å²) in [5, 5.41) is 1.03. The lowest BCUT2D eigenvalue weighted by molar-refractivity contribution is -0.107. The fourth-order valence-electron chi connectivity index (χ4n) is 4.21. The van der Waals surface area contributed by atoms with Crippen molar-refractivity contribution < 1.29 is 9.59 Å². The van der Waals surface area contributed by atoms with Crippen LogP contribution in [0, 0.1) is 5.92 Å². The monoisotopic (exact) mass is 401 g/mol. The van der Waals surface area contributed by atoms with E-state index < -0.39 is 0 Å². The van der Waals surface area contributed by atoms with E-state index in [1.165, 1.54) is 5.57 Å². The maximum atomic E-state index is 12.8. The number of H-pyrrole nitrogens is 1. The molecular weight excluding hydrogens is 378 g/mol. The van der Waals surface area contributed by atoms with E-state index in [2.05, 4.69) is 28.0 Å². The summed E-state index contributed by atoms with van der Waals surface area (Å²) < 4.78 is 0. The first-order chi connectivity index (χ1) is 14.7.